The molecule has 7 nitrogen and oxygen atoms in total. The van der Waals surface area contributed by atoms with Crippen LogP contribution in [0.5, 0.6) is 0 Å². The number of rotatable bonds is 5. The Morgan fingerprint density at radius 2 is 1.73 bits per heavy atom. The van der Waals surface area contributed by atoms with E-state index >= 15 is 0 Å². The van der Waals surface area contributed by atoms with Gasteiger partial charge in [0.25, 0.3) is 5.91 Å². The van der Waals surface area contributed by atoms with Gasteiger partial charge < -0.3 is 9.80 Å². The van der Waals surface area contributed by atoms with Gasteiger partial charge in [-0.3, -0.25) is 15.1 Å². The van der Waals surface area contributed by atoms with Gasteiger partial charge in [-0.05, 0) is 42.9 Å². The number of nitrogens with zero attached hydrogens (tertiary/aromatic N) is 3. The molecule has 0 unspecified atom stereocenters. The zero-order valence-corrected chi connectivity index (χ0v) is 16.8. The standard InChI is InChI=1S/C21H25F2N5O2/c1-2-26-9-11-27(12-10-26)21(30)28(18-7-5-17(22)6-8-18)14-16-4-3-15(13-19(16)23)20(29)25-24/h3-8,13H,2,9-12,14,24H2,1H3,(H,25,29). The topological polar surface area (TPSA) is 81.9 Å². The van der Waals surface area contributed by atoms with E-state index in [1.54, 1.807) is 4.90 Å². The van der Waals surface area contributed by atoms with E-state index in [9.17, 15) is 18.4 Å². The number of hydrogen-bond acceptors (Lipinski definition) is 4. The number of carbonyl (C=O) groups excluding carboxylic acids is 2. The van der Waals surface area contributed by atoms with Crippen molar-refractivity contribution in [2.75, 3.05) is 37.6 Å². The molecule has 0 aliphatic carbocycles. The molecule has 1 heterocycles. The van der Waals surface area contributed by atoms with Crippen LogP contribution in [0.3, 0.4) is 0 Å². The third-order valence-electron chi connectivity index (χ3n) is 5.23. The molecule has 0 bridgehead atoms. The summed E-state index contributed by atoms with van der Waals surface area (Å²) < 4.78 is 28.1. The van der Waals surface area contributed by atoms with Gasteiger partial charge in [0.15, 0.2) is 0 Å². The van der Waals surface area contributed by atoms with Gasteiger partial charge in [-0.15, -0.1) is 0 Å². The Morgan fingerprint density at radius 3 is 2.30 bits per heavy atom. The Balaban J connectivity index is 1.86. The number of carbonyl (C=O) groups is 2. The minimum atomic E-state index is -0.633. The molecule has 160 valence electrons. The number of benzene rings is 2. The summed E-state index contributed by atoms with van der Waals surface area (Å²) in [5.74, 6) is 3.42. The quantitative estimate of drug-likeness (QED) is 0.445. The number of anilines is 1. The molecule has 1 saturated heterocycles. The number of nitrogen functional groups attached to an aromatic ring is 1. The maximum Gasteiger partial charge on any atom is 0.324 e. The number of nitrogens with one attached hydrogen (secondary N) is 1. The van der Waals surface area contributed by atoms with E-state index in [0.29, 0.717) is 18.8 Å². The first-order valence-corrected chi connectivity index (χ1v) is 9.76. The largest absolute Gasteiger partial charge is 0.324 e. The molecule has 9 heteroatoms. The first kappa shape index (κ1) is 21.7. The molecule has 0 saturated carbocycles. The molecule has 2 aromatic rings. The summed E-state index contributed by atoms with van der Waals surface area (Å²) in [6.45, 7) is 5.56. The number of piperazine rings is 1. The second-order valence-corrected chi connectivity index (χ2v) is 7.05. The normalized spacial score (nSPS) is 14.5. The van der Waals surface area contributed by atoms with E-state index in [4.69, 9.17) is 5.84 Å². The molecule has 30 heavy (non-hydrogen) atoms. The third kappa shape index (κ3) is 4.92. The lowest BCUT2D eigenvalue weighted by molar-refractivity contribution is 0.0953. The summed E-state index contributed by atoms with van der Waals surface area (Å²) in [4.78, 5) is 30.2. The van der Waals surface area contributed by atoms with Crippen molar-refractivity contribution in [3.8, 4) is 0 Å². The Bertz CT molecular complexity index is 899. The minimum Gasteiger partial charge on any atom is -0.322 e. The van der Waals surface area contributed by atoms with Crippen LogP contribution < -0.4 is 16.2 Å². The van der Waals surface area contributed by atoms with Crippen molar-refractivity contribution in [2.24, 2.45) is 5.84 Å². The molecule has 1 fully saturated rings. The number of hydrazine groups is 1. The van der Waals surface area contributed by atoms with Gasteiger partial charge in [-0.2, -0.15) is 0 Å². The lowest BCUT2D eigenvalue weighted by atomic mass is 10.1. The van der Waals surface area contributed by atoms with Gasteiger partial charge >= 0.3 is 6.03 Å². The fourth-order valence-electron chi connectivity index (χ4n) is 3.39. The molecule has 3 amide bonds. The maximum absolute atomic E-state index is 14.7. The Hall–Kier alpha value is -3.04. The van der Waals surface area contributed by atoms with Gasteiger partial charge in [0.1, 0.15) is 11.6 Å². The summed E-state index contributed by atoms with van der Waals surface area (Å²) >= 11 is 0. The second kappa shape index (κ2) is 9.64. The van der Waals surface area contributed by atoms with Gasteiger partial charge in [-0.1, -0.05) is 13.0 Å². The third-order valence-corrected chi connectivity index (χ3v) is 5.23. The molecule has 0 aromatic heterocycles. The number of hydrogen-bond donors (Lipinski definition) is 2. The van der Waals surface area contributed by atoms with Crippen LogP contribution in [0.1, 0.15) is 22.8 Å². The lowest BCUT2D eigenvalue weighted by Crippen LogP contribution is -2.52. The molecule has 0 spiro atoms. The zero-order valence-electron chi connectivity index (χ0n) is 16.8. The minimum absolute atomic E-state index is 0.0607. The van der Waals surface area contributed by atoms with Crippen LogP contribution in [0.4, 0.5) is 19.3 Å². The monoisotopic (exact) mass is 417 g/mol. The summed E-state index contributed by atoms with van der Waals surface area (Å²) in [6.07, 6.45) is 0. The molecule has 3 rings (SSSR count). The summed E-state index contributed by atoms with van der Waals surface area (Å²) in [5.41, 5.74) is 2.72. The molecule has 0 radical (unpaired) electrons. The number of amides is 3. The average molecular weight is 417 g/mol. The average Bonchev–Trinajstić information content (AvgIpc) is 2.78. The van der Waals surface area contributed by atoms with E-state index in [-0.39, 0.29) is 23.7 Å². The molecule has 3 N–H and O–H groups in total. The second-order valence-electron chi connectivity index (χ2n) is 7.05. The van der Waals surface area contributed by atoms with E-state index in [0.717, 1.165) is 25.7 Å². The van der Waals surface area contributed by atoms with Crippen LogP contribution in [-0.4, -0.2) is 54.5 Å². The van der Waals surface area contributed by atoms with Crippen LogP contribution in [0.25, 0.3) is 0 Å². The molecule has 1 aliphatic heterocycles. The van der Waals surface area contributed by atoms with Gasteiger partial charge in [0, 0.05) is 43.0 Å². The number of urea groups is 1. The van der Waals surface area contributed by atoms with Crippen molar-refractivity contribution >= 4 is 17.6 Å². The fourth-order valence-corrected chi connectivity index (χ4v) is 3.39. The van der Waals surface area contributed by atoms with Crippen LogP contribution in [-0.2, 0) is 6.54 Å². The molecule has 2 aromatic carbocycles. The predicted molar refractivity (Wildman–Crippen MR) is 110 cm³/mol. The highest BCUT2D eigenvalue weighted by Crippen LogP contribution is 2.22. The van der Waals surface area contributed by atoms with Crippen molar-refractivity contribution < 1.29 is 18.4 Å². The van der Waals surface area contributed by atoms with E-state index in [1.165, 1.54) is 41.3 Å². The molecular weight excluding hydrogens is 392 g/mol. The maximum atomic E-state index is 14.7. The van der Waals surface area contributed by atoms with E-state index in [2.05, 4.69) is 11.8 Å². The van der Waals surface area contributed by atoms with Crippen LogP contribution in [0.2, 0.25) is 0 Å². The summed E-state index contributed by atoms with van der Waals surface area (Å²) in [5, 5.41) is 0. The van der Waals surface area contributed by atoms with Crippen molar-refractivity contribution in [2.45, 2.75) is 13.5 Å². The highest BCUT2D eigenvalue weighted by atomic mass is 19.1. The fraction of sp³-hybridized carbons (Fsp3) is 0.333. The molecule has 1 aliphatic rings. The highest BCUT2D eigenvalue weighted by molar-refractivity contribution is 5.94. The summed E-state index contributed by atoms with van der Waals surface area (Å²) in [6, 6.07) is 9.18. The van der Waals surface area contributed by atoms with Crippen molar-refractivity contribution in [1.82, 2.24) is 15.2 Å². The van der Waals surface area contributed by atoms with Gasteiger partial charge in [0.05, 0.1) is 6.54 Å². The molecule has 0 atom stereocenters. The van der Waals surface area contributed by atoms with E-state index in [1.807, 2.05) is 5.43 Å². The van der Waals surface area contributed by atoms with E-state index < -0.39 is 17.5 Å². The van der Waals surface area contributed by atoms with Crippen molar-refractivity contribution in [1.29, 1.82) is 0 Å². The van der Waals surface area contributed by atoms with Gasteiger partial charge in [-0.25, -0.2) is 19.4 Å². The van der Waals surface area contributed by atoms with Crippen molar-refractivity contribution in [3.05, 3.63) is 65.2 Å². The van der Waals surface area contributed by atoms with Crippen LogP contribution >= 0.6 is 0 Å². The first-order valence-electron chi connectivity index (χ1n) is 9.76. The zero-order chi connectivity index (χ0) is 21.7. The number of likely N-dealkylation sites (N-methyl/N-ethyl adjacent to an activating group) is 1. The van der Waals surface area contributed by atoms with Gasteiger partial charge in [0.2, 0.25) is 0 Å². The highest BCUT2D eigenvalue weighted by Gasteiger charge is 2.27. The summed E-state index contributed by atoms with van der Waals surface area (Å²) in [7, 11) is 0. The predicted octanol–water partition coefficient (Wildman–Crippen LogP) is 2.33. The Kier molecular flexibility index (Phi) is 6.96. The Labute approximate surface area is 174 Å². The van der Waals surface area contributed by atoms with Crippen molar-refractivity contribution in [3.63, 3.8) is 0 Å². The number of nitrogens with two attached hydrogens (primary N) is 1. The SMILES string of the molecule is CCN1CCN(C(=O)N(Cc2ccc(C(=O)NN)cc2F)c2ccc(F)cc2)CC1. The molecular formula is C21H25F2N5O2. The smallest absolute Gasteiger partial charge is 0.322 e. The Morgan fingerprint density at radius 1 is 1.07 bits per heavy atom. The van der Waals surface area contributed by atoms with Crippen LogP contribution in [0, 0.1) is 11.6 Å². The first-order chi connectivity index (χ1) is 14.4. The lowest BCUT2D eigenvalue weighted by Gasteiger charge is -2.37. The number of halogens is 2. The van der Waals surface area contributed by atoms with Crippen LogP contribution in [0.15, 0.2) is 42.5 Å².